The van der Waals surface area contributed by atoms with Crippen molar-refractivity contribution in [1.82, 2.24) is 15.5 Å². The Kier molecular flexibility index (Phi) is 9.72. The van der Waals surface area contributed by atoms with E-state index < -0.39 is 11.8 Å². The standard InChI is InChI=1S/C26H32N4O4S/c1-30(20-7-3-2-4-8-20)24(32)17-35-22-10-6-5-9-21(22)26(34)28-15-18-11-13-19(14-12-18)25(33)29-16-23(27)31/h5-6,9-14,20H,2-4,7-8,15-17H2,1H3,(H2,27,31)(H,28,34)(H,29,33). The van der Waals surface area contributed by atoms with Crippen molar-refractivity contribution in [2.75, 3.05) is 19.3 Å². The lowest BCUT2D eigenvalue weighted by molar-refractivity contribution is -0.129. The molecule has 2 aromatic rings. The fourth-order valence-corrected chi connectivity index (χ4v) is 4.99. The van der Waals surface area contributed by atoms with Crippen LogP contribution in [-0.2, 0) is 16.1 Å². The Morgan fingerprint density at radius 2 is 1.63 bits per heavy atom. The summed E-state index contributed by atoms with van der Waals surface area (Å²) < 4.78 is 0. The van der Waals surface area contributed by atoms with Gasteiger partial charge in [-0.15, -0.1) is 11.8 Å². The Hall–Kier alpha value is -3.33. The summed E-state index contributed by atoms with van der Waals surface area (Å²) in [4.78, 5) is 51.0. The zero-order chi connectivity index (χ0) is 25.2. The van der Waals surface area contributed by atoms with Gasteiger partial charge in [0.15, 0.2) is 0 Å². The monoisotopic (exact) mass is 496 g/mol. The van der Waals surface area contributed by atoms with E-state index in [9.17, 15) is 19.2 Å². The van der Waals surface area contributed by atoms with Gasteiger partial charge in [0.25, 0.3) is 11.8 Å². The number of nitrogens with two attached hydrogens (primary N) is 1. The molecule has 0 unspecified atom stereocenters. The summed E-state index contributed by atoms with van der Waals surface area (Å²) in [6.07, 6.45) is 5.70. The van der Waals surface area contributed by atoms with Crippen LogP contribution in [-0.4, -0.2) is 53.9 Å². The highest BCUT2D eigenvalue weighted by molar-refractivity contribution is 8.00. The van der Waals surface area contributed by atoms with Gasteiger partial charge in [-0.2, -0.15) is 0 Å². The summed E-state index contributed by atoms with van der Waals surface area (Å²) in [6.45, 7) is 0.0564. The van der Waals surface area contributed by atoms with Gasteiger partial charge in [-0.25, -0.2) is 0 Å². The average molecular weight is 497 g/mol. The van der Waals surface area contributed by atoms with Crippen LogP contribution in [0.25, 0.3) is 0 Å². The molecule has 0 aliphatic heterocycles. The first kappa shape index (κ1) is 26.3. The predicted octanol–water partition coefficient (Wildman–Crippen LogP) is 2.71. The summed E-state index contributed by atoms with van der Waals surface area (Å²) >= 11 is 1.38. The maximum Gasteiger partial charge on any atom is 0.252 e. The zero-order valence-corrected chi connectivity index (χ0v) is 20.7. The number of nitrogens with zero attached hydrogens (tertiary/aromatic N) is 1. The van der Waals surface area contributed by atoms with Gasteiger partial charge < -0.3 is 21.3 Å². The minimum Gasteiger partial charge on any atom is -0.368 e. The van der Waals surface area contributed by atoms with E-state index in [1.807, 2.05) is 24.1 Å². The molecule has 4 amide bonds. The number of rotatable bonds is 10. The Balaban J connectivity index is 1.53. The normalized spacial score (nSPS) is 13.6. The van der Waals surface area contributed by atoms with Crippen molar-refractivity contribution in [1.29, 1.82) is 0 Å². The molecule has 186 valence electrons. The molecule has 3 rings (SSSR count). The number of carbonyl (C=O) groups is 4. The van der Waals surface area contributed by atoms with Gasteiger partial charge in [0.05, 0.1) is 17.9 Å². The van der Waals surface area contributed by atoms with Gasteiger partial charge in [0, 0.05) is 30.1 Å². The van der Waals surface area contributed by atoms with E-state index in [2.05, 4.69) is 10.6 Å². The number of benzene rings is 2. The van der Waals surface area contributed by atoms with Crippen LogP contribution in [0, 0.1) is 0 Å². The predicted molar refractivity (Wildman–Crippen MR) is 136 cm³/mol. The second-order valence-electron chi connectivity index (χ2n) is 8.61. The molecule has 0 atom stereocenters. The molecule has 1 aliphatic carbocycles. The maximum absolute atomic E-state index is 12.9. The van der Waals surface area contributed by atoms with Crippen LogP contribution in [0.15, 0.2) is 53.4 Å². The smallest absolute Gasteiger partial charge is 0.252 e. The van der Waals surface area contributed by atoms with E-state index in [0.717, 1.165) is 23.3 Å². The largest absolute Gasteiger partial charge is 0.368 e. The molecule has 0 saturated heterocycles. The van der Waals surface area contributed by atoms with Crippen LogP contribution in [0.1, 0.15) is 58.4 Å². The summed E-state index contributed by atoms with van der Waals surface area (Å²) in [5, 5.41) is 5.33. The molecule has 8 nitrogen and oxygen atoms in total. The molecular weight excluding hydrogens is 464 g/mol. The SMILES string of the molecule is CN(C(=O)CSc1ccccc1C(=O)NCc1ccc(C(=O)NCC(N)=O)cc1)C1CCCCC1. The van der Waals surface area contributed by atoms with Crippen LogP contribution in [0.4, 0.5) is 0 Å². The number of primary amides is 1. The second-order valence-corrected chi connectivity index (χ2v) is 9.63. The number of carbonyl (C=O) groups excluding carboxylic acids is 4. The van der Waals surface area contributed by atoms with E-state index in [-0.39, 0.29) is 30.7 Å². The van der Waals surface area contributed by atoms with Crippen molar-refractivity contribution in [3.63, 3.8) is 0 Å². The molecule has 4 N–H and O–H groups in total. The summed E-state index contributed by atoms with van der Waals surface area (Å²) in [5.74, 6) is -0.872. The lowest BCUT2D eigenvalue weighted by Crippen LogP contribution is -2.39. The molecule has 35 heavy (non-hydrogen) atoms. The molecule has 2 aromatic carbocycles. The first-order valence-corrected chi connectivity index (χ1v) is 12.7. The van der Waals surface area contributed by atoms with E-state index in [0.29, 0.717) is 17.2 Å². The number of amides is 4. The van der Waals surface area contributed by atoms with E-state index in [1.54, 1.807) is 36.4 Å². The third-order valence-corrected chi connectivity index (χ3v) is 7.15. The van der Waals surface area contributed by atoms with Gasteiger partial charge in [0.1, 0.15) is 0 Å². The molecule has 0 spiro atoms. The van der Waals surface area contributed by atoms with Crippen LogP contribution in [0.5, 0.6) is 0 Å². The Morgan fingerprint density at radius 1 is 0.943 bits per heavy atom. The van der Waals surface area contributed by atoms with Gasteiger partial charge in [-0.1, -0.05) is 43.5 Å². The van der Waals surface area contributed by atoms with E-state index in [1.165, 1.54) is 31.0 Å². The molecule has 0 aromatic heterocycles. The first-order valence-electron chi connectivity index (χ1n) is 11.8. The quantitative estimate of drug-likeness (QED) is 0.437. The third-order valence-electron chi connectivity index (χ3n) is 6.09. The molecule has 1 saturated carbocycles. The summed E-state index contributed by atoms with van der Waals surface area (Å²) in [7, 11) is 1.88. The fourth-order valence-electron chi connectivity index (χ4n) is 4.01. The molecule has 1 aliphatic rings. The zero-order valence-electron chi connectivity index (χ0n) is 19.9. The van der Waals surface area contributed by atoms with Gasteiger partial charge in [-0.05, 0) is 42.7 Å². The van der Waals surface area contributed by atoms with Crippen molar-refractivity contribution in [3.8, 4) is 0 Å². The number of hydrogen-bond donors (Lipinski definition) is 3. The molecule has 9 heteroatoms. The first-order chi connectivity index (χ1) is 16.8. The minimum atomic E-state index is -0.614. The summed E-state index contributed by atoms with van der Waals surface area (Å²) in [6, 6.07) is 14.3. The van der Waals surface area contributed by atoms with E-state index >= 15 is 0 Å². The van der Waals surface area contributed by atoms with Crippen LogP contribution < -0.4 is 16.4 Å². The van der Waals surface area contributed by atoms with Crippen LogP contribution >= 0.6 is 11.8 Å². The van der Waals surface area contributed by atoms with Crippen molar-refractivity contribution in [3.05, 3.63) is 65.2 Å². The van der Waals surface area contributed by atoms with Crippen molar-refractivity contribution in [2.24, 2.45) is 5.73 Å². The second kappa shape index (κ2) is 12.9. The highest BCUT2D eigenvalue weighted by atomic mass is 32.2. The van der Waals surface area contributed by atoms with Gasteiger partial charge in [0.2, 0.25) is 11.8 Å². The minimum absolute atomic E-state index is 0.0806. The highest BCUT2D eigenvalue weighted by Gasteiger charge is 2.22. The molecule has 0 bridgehead atoms. The Labute approximate surface area is 210 Å². The highest BCUT2D eigenvalue weighted by Crippen LogP contribution is 2.25. The maximum atomic E-state index is 12.9. The molecule has 0 heterocycles. The fraction of sp³-hybridized carbons (Fsp3) is 0.385. The topological polar surface area (TPSA) is 122 Å². The van der Waals surface area contributed by atoms with Crippen molar-refractivity contribution < 1.29 is 19.2 Å². The Morgan fingerprint density at radius 3 is 2.31 bits per heavy atom. The average Bonchev–Trinajstić information content (AvgIpc) is 2.89. The molecular formula is C26H32N4O4S. The molecule has 1 fully saturated rings. The lowest BCUT2D eigenvalue weighted by Gasteiger charge is -2.31. The van der Waals surface area contributed by atoms with Crippen LogP contribution in [0.3, 0.4) is 0 Å². The lowest BCUT2D eigenvalue weighted by atomic mass is 9.94. The van der Waals surface area contributed by atoms with E-state index in [4.69, 9.17) is 5.73 Å². The van der Waals surface area contributed by atoms with Crippen LogP contribution in [0.2, 0.25) is 0 Å². The summed E-state index contributed by atoms with van der Waals surface area (Å²) in [5.41, 5.74) is 6.77. The number of thioether (sulfide) groups is 1. The Bertz CT molecular complexity index is 1050. The van der Waals surface area contributed by atoms with Gasteiger partial charge >= 0.3 is 0 Å². The number of nitrogens with one attached hydrogen (secondary N) is 2. The third kappa shape index (κ3) is 7.85. The van der Waals surface area contributed by atoms with Gasteiger partial charge in [-0.3, -0.25) is 19.2 Å². The number of hydrogen-bond acceptors (Lipinski definition) is 5. The van der Waals surface area contributed by atoms with Crippen molar-refractivity contribution >= 4 is 35.4 Å². The molecule has 0 radical (unpaired) electrons. The van der Waals surface area contributed by atoms with Crippen molar-refractivity contribution in [2.45, 2.75) is 49.6 Å².